The third-order valence-electron chi connectivity index (χ3n) is 3.81. The molecule has 2 aliphatic rings. The van der Waals surface area contributed by atoms with Crippen LogP contribution in [0.2, 0.25) is 0 Å². The van der Waals surface area contributed by atoms with E-state index in [1.165, 1.54) is 58.0 Å². The smallest absolute Gasteiger partial charge is 0.0222 e. The first-order valence-corrected chi connectivity index (χ1v) is 6.52. The van der Waals surface area contributed by atoms with Crippen molar-refractivity contribution in [1.82, 2.24) is 4.90 Å². The van der Waals surface area contributed by atoms with Gasteiger partial charge in [-0.3, -0.25) is 4.90 Å². The van der Waals surface area contributed by atoms with Crippen LogP contribution in [0.1, 0.15) is 44.9 Å². The molecule has 1 aliphatic carbocycles. The monoisotopic (exact) mass is 208 g/mol. The maximum absolute atomic E-state index is 5.80. The van der Waals surface area contributed by atoms with Gasteiger partial charge in [-0.1, -0.05) is 18.1 Å². The number of hydrogen-bond acceptors (Lipinski definition) is 2. The molecule has 1 saturated heterocycles. The van der Waals surface area contributed by atoms with Gasteiger partial charge in [0.1, 0.15) is 0 Å². The third kappa shape index (κ3) is 3.05. The number of nitrogens with zero attached hydrogens (tertiary/aromatic N) is 1. The van der Waals surface area contributed by atoms with Gasteiger partial charge < -0.3 is 5.73 Å². The minimum absolute atomic E-state index is 0.661. The molecule has 86 valence electrons. The molecule has 1 aliphatic heterocycles. The molecular formula is C13H24N2. The zero-order valence-electron chi connectivity index (χ0n) is 9.75. The van der Waals surface area contributed by atoms with Crippen LogP contribution in [0, 0.1) is 0 Å². The van der Waals surface area contributed by atoms with Crippen LogP contribution in [0.3, 0.4) is 0 Å². The van der Waals surface area contributed by atoms with E-state index in [2.05, 4.69) is 11.0 Å². The number of hydrogen-bond donors (Lipinski definition) is 1. The molecule has 2 heteroatoms. The van der Waals surface area contributed by atoms with Gasteiger partial charge in [-0.05, 0) is 45.1 Å². The van der Waals surface area contributed by atoms with Gasteiger partial charge in [-0.25, -0.2) is 0 Å². The summed E-state index contributed by atoms with van der Waals surface area (Å²) in [4.78, 5) is 2.59. The Morgan fingerprint density at radius 2 is 2.20 bits per heavy atom. The van der Waals surface area contributed by atoms with E-state index in [1.54, 1.807) is 5.57 Å². The van der Waals surface area contributed by atoms with Crippen LogP contribution < -0.4 is 5.73 Å². The first-order chi connectivity index (χ1) is 7.40. The molecule has 0 spiro atoms. The van der Waals surface area contributed by atoms with E-state index in [0.29, 0.717) is 6.04 Å². The lowest BCUT2D eigenvalue weighted by Crippen LogP contribution is -2.36. The summed E-state index contributed by atoms with van der Waals surface area (Å²) in [6.45, 7) is 3.30. The minimum atomic E-state index is 0.661. The second-order valence-corrected chi connectivity index (χ2v) is 4.96. The Morgan fingerprint density at radius 1 is 1.27 bits per heavy atom. The Morgan fingerprint density at radius 3 is 3.07 bits per heavy atom. The second-order valence-electron chi connectivity index (χ2n) is 4.96. The van der Waals surface area contributed by atoms with Crippen LogP contribution in [0.4, 0.5) is 0 Å². The van der Waals surface area contributed by atoms with Crippen molar-refractivity contribution in [2.24, 2.45) is 5.73 Å². The van der Waals surface area contributed by atoms with Crippen LogP contribution >= 0.6 is 0 Å². The summed E-state index contributed by atoms with van der Waals surface area (Å²) >= 11 is 0. The van der Waals surface area contributed by atoms with Gasteiger partial charge in [0.2, 0.25) is 0 Å². The molecule has 0 aromatic rings. The molecule has 2 nitrogen and oxygen atoms in total. The molecule has 15 heavy (non-hydrogen) atoms. The fourth-order valence-electron chi connectivity index (χ4n) is 2.86. The van der Waals surface area contributed by atoms with Gasteiger partial charge in [0.05, 0.1) is 0 Å². The SMILES string of the molecule is NCC1CCCN1CC1=CCCCCC1. The highest BCUT2D eigenvalue weighted by Gasteiger charge is 2.23. The van der Waals surface area contributed by atoms with Gasteiger partial charge in [0.15, 0.2) is 0 Å². The van der Waals surface area contributed by atoms with Gasteiger partial charge in [0.25, 0.3) is 0 Å². The average molecular weight is 208 g/mol. The lowest BCUT2D eigenvalue weighted by atomic mass is 10.1. The summed E-state index contributed by atoms with van der Waals surface area (Å²) in [5.74, 6) is 0. The number of allylic oxidation sites excluding steroid dienone is 1. The first kappa shape index (κ1) is 11.2. The van der Waals surface area contributed by atoms with Crippen molar-refractivity contribution >= 4 is 0 Å². The Bertz CT molecular complexity index is 223. The summed E-state index contributed by atoms with van der Waals surface area (Å²) in [6, 6.07) is 0.661. The molecule has 0 aromatic carbocycles. The summed E-state index contributed by atoms with van der Waals surface area (Å²) in [6.07, 6.45) is 12.0. The fraction of sp³-hybridized carbons (Fsp3) is 0.846. The molecule has 1 unspecified atom stereocenters. The van der Waals surface area contributed by atoms with Crippen molar-refractivity contribution in [3.8, 4) is 0 Å². The van der Waals surface area contributed by atoms with Crippen LogP contribution in [-0.4, -0.2) is 30.6 Å². The first-order valence-electron chi connectivity index (χ1n) is 6.52. The van der Waals surface area contributed by atoms with Crippen molar-refractivity contribution in [2.75, 3.05) is 19.6 Å². The van der Waals surface area contributed by atoms with Gasteiger partial charge in [-0.15, -0.1) is 0 Å². The van der Waals surface area contributed by atoms with E-state index < -0.39 is 0 Å². The van der Waals surface area contributed by atoms with Gasteiger partial charge in [-0.2, -0.15) is 0 Å². The molecule has 1 atom stereocenters. The van der Waals surface area contributed by atoms with Crippen molar-refractivity contribution in [1.29, 1.82) is 0 Å². The van der Waals surface area contributed by atoms with E-state index in [4.69, 9.17) is 5.73 Å². The molecular weight excluding hydrogens is 184 g/mol. The van der Waals surface area contributed by atoms with E-state index >= 15 is 0 Å². The van der Waals surface area contributed by atoms with Crippen molar-refractivity contribution in [3.05, 3.63) is 11.6 Å². The highest BCUT2D eigenvalue weighted by molar-refractivity contribution is 5.07. The summed E-state index contributed by atoms with van der Waals surface area (Å²) in [5, 5.41) is 0. The highest BCUT2D eigenvalue weighted by atomic mass is 15.2. The van der Waals surface area contributed by atoms with Crippen molar-refractivity contribution in [2.45, 2.75) is 51.0 Å². The van der Waals surface area contributed by atoms with E-state index in [0.717, 1.165) is 6.54 Å². The summed E-state index contributed by atoms with van der Waals surface area (Å²) < 4.78 is 0. The maximum Gasteiger partial charge on any atom is 0.0222 e. The Kier molecular flexibility index (Phi) is 4.21. The predicted molar refractivity (Wildman–Crippen MR) is 64.8 cm³/mol. The van der Waals surface area contributed by atoms with Gasteiger partial charge in [0, 0.05) is 19.1 Å². The molecule has 0 bridgehead atoms. The Hall–Kier alpha value is -0.340. The number of rotatable bonds is 3. The van der Waals surface area contributed by atoms with E-state index in [-0.39, 0.29) is 0 Å². The lowest BCUT2D eigenvalue weighted by Gasteiger charge is -2.24. The second kappa shape index (κ2) is 5.66. The van der Waals surface area contributed by atoms with E-state index in [9.17, 15) is 0 Å². The van der Waals surface area contributed by atoms with Gasteiger partial charge >= 0.3 is 0 Å². The molecule has 0 amide bonds. The Labute approximate surface area is 93.5 Å². The quantitative estimate of drug-likeness (QED) is 0.721. The van der Waals surface area contributed by atoms with Crippen LogP contribution in [0.25, 0.3) is 0 Å². The molecule has 2 rings (SSSR count). The number of likely N-dealkylation sites (tertiary alicyclic amines) is 1. The molecule has 0 saturated carbocycles. The largest absolute Gasteiger partial charge is 0.329 e. The van der Waals surface area contributed by atoms with Crippen molar-refractivity contribution in [3.63, 3.8) is 0 Å². The molecule has 0 aromatic heterocycles. The normalized spacial score (nSPS) is 28.9. The summed E-state index contributed by atoms with van der Waals surface area (Å²) in [7, 11) is 0. The van der Waals surface area contributed by atoms with Crippen LogP contribution in [-0.2, 0) is 0 Å². The summed E-state index contributed by atoms with van der Waals surface area (Å²) in [5.41, 5.74) is 7.47. The Balaban J connectivity index is 1.86. The minimum Gasteiger partial charge on any atom is -0.329 e. The van der Waals surface area contributed by atoms with Crippen LogP contribution in [0.15, 0.2) is 11.6 Å². The molecule has 0 radical (unpaired) electrons. The number of nitrogens with two attached hydrogens (primary N) is 1. The average Bonchev–Trinajstić information content (AvgIpc) is 2.53. The standard InChI is InChI=1S/C13H24N2/c14-10-13-8-5-9-15(13)11-12-6-3-1-2-4-7-12/h6,13H,1-5,7-11,14H2. The fourth-order valence-corrected chi connectivity index (χ4v) is 2.86. The third-order valence-corrected chi connectivity index (χ3v) is 3.81. The lowest BCUT2D eigenvalue weighted by molar-refractivity contribution is 0.277. The zero-order chi connectivity index (χ0) is 10.5. The zero-order valence-corrected chi connectivity index (χ0v) is 9.75. The van der Waals surface area contributed by atoms with Crippen LogP contribution in [0.5, 0.6) is 0 Å². The highest BCUT2D eigenvalue weighted by Crippen LogP contribution is 2.22. The van der Waals surface area contributed by atoms with E-state index in [1.807, 2.05) is 0 Å². The predicted octanol–water partition coefficient (Wildman–Crippen LogP) is 2.30. The molecule has 1 heterocycles. The van der Waals surface area contributed by atoms with Crippen molar-refractivity contribution < 1.29 is 0 Å². The molecule has 2 N–H and O–H groups in total. The maximum atomic E-state index is 5.80. The molecule has 1 fully saturated rings. The topological polar surface area (TPSA) is 29.3 Å².